The smallest absolute Gasteiger partial charge is 0.323 e. The van der Waals surface area contributed by atoms with E-state index in [4.69, 9.17) is 5.73 Å². The first kappa shape index (κ1) is 19.1. The molecule has 0 saturated carbocycles. The van der Waals surface area contributed by atoms with Crippen molar-refractivity contribution in [3.8, 4) is 0 Å². The van der Waals surface area contributed by atoms with Gasteiger partial charge in [0.2, 0.25) is 0 Å². The van der Waals surface area contributed by atoms with Crippen LogP contribution >= 0.6 is 0 Å². The van der Waals surface area contributed by atoms with Gasteiger partial charge in [-0.25, -0.2) is 14.8 Å². The molecule has 0 fully saturated rings. The highest BCUT2D eigenvalue weighted by Crippen LogP contribution is 2.24. The number of H-pyrrole nitrogens is 1. The minimum Gasteiger partial charge on any atom is -0.383 e. The number of carbonyl (C=O) groups is 2. The Bertz CT molecular complexity index is 1280. The van der Waals surface area contributed by atoms with E-state index in [0.717, 1.165) is 16.8 Å². The van der Waals surface area contributed by atoms with Crippen LogP contribution in [0.3, 0.4) is 0 Å². The second-order valence-electron chi connectivity index (χ2n) is 6.92. The minimum atomic E-state index is -0.391. The molecule has 0 aliphatic rings. The van der Waals surface area contributed by atoms with Crippen molar-refractivity contribution in [2.45, 2.75) is 13.8 Å². The van der Waals surface area contributed by atoms with Crippen LogP contribution in [-0.2, 0) is 0 Å². The number of hydrogen-bond acceptors (Lipinski definition) is 5. The van der Waals surface area contributed by atoms with Crippen molar-refractivity contribution in [3.63, 3.8) is 0 Å². The van der Waals surface area contributed by atoms with Gasteiger partial charge in [0.25, 0.3) is 0 Å². The van der Waals surface area contributed by atoms with E-state index in [0.29, 0.717) is 27.8 Å². The summed E-state index contributed by atoms with van der Waals surface area (Å²) in [5.74, 6) is -0.0203. The Kier molecular flexibility index (Phi) is 4.89. The molecule has 0 aliphatic heterocycles. The number of rotatable bonds is 4. The number of nitrogens with zero attached hydrogens (tertiary/aromatic N) is 2. The molecule has 8 nitrogen and oxygen atoms in total. The van der Waals surface area contributed by atoms with Gasteiger partial charge in [0.05, 0.1) is 10.9 Å². The lowest BCUT2D eigenvalue weighted by Crippen LogP contribution is -2.20. The summed E-state index contributed by atoms with van der Waals surface area (Å²) in [7, 11) is 0. The van der Waals surface area contributed by atoms with Gasteiger partial charge >= 0.3 is 6.03 Å². The molecule has 0 atom stereocenters. The van der Waals surface area contributed by atoms with Gasteiger partial charge in [0.15, 0.2) is 5.78 Å². The summed E-state index contributed by atoms with van der Waals surface area (Å²) >= 11 is 0. The fourth-order valence-corrected chi connectivity index (χ4v) is 3.23. The van der Waals surface area contributed by atoms with Crippen molar-refractivity contribution in [1.82, 2.24) is 15.0 Å². The third-order valence-electron chi connectivity index (χ3n) is 4.98. The van der Waals surface area contributed by atoms with Gasteiger partial charge in [0, 0.05) is 23.1 Å². The lowest BCUT2D eigenvalue weighted by atomic mass is 10.0. The molecule has 2 amide bonds. The monoisotopic (exact) mass is 400 g/mol. The number of nitrogens with two attached hydrogens (primary N) is 1. The molecular formula is C22H20N6O2. The lowest BCUT2D eigenvalue weighted by Gasteiger charge is -2.12. The van der Waals surface area contributed by atoms with Gasteiger partial charge in [-0.1, -0.05) is 24.3 Å². The van der Waals surface area contributed by atoms with E-state index >= 15 is 0 Å². The van der Waals surface area contributed by atoms with Crippen LogP contribution in [0.1, 0.15) is 27.0 Å². The molecule has 4 aromatic rings. The highest BCUT2D eigenvalue weighted by atomic mass is 16.2. The average Bonchev–Trinajstić information content (AvgIpc) is 3.16. The zero-order valence-electron chi connectivity index (χ0n) is 16.5. The number of aromatic nitrogens is 3. The maximum absolute atomic E-state index is 13.0. The number of hydrogen-bond donors (Lipinski definition) is 4. The maximum atomic E-state index is 13.0. The van der Waals surface area contributed by atoms with Crippen LogP contribution in [0.15, 0.2) is 55.0 Å². The second kappa shape index (κ2) is 7.67. The molecule has 8 heteroatoms. The number of ketones is 1. The molecule has 150 valence electrons. The Hall–Kier alpha value is -4.20. The first-order chi connectivity index (χ1) is 14.4. The number of benzene rings is 2. The van der Waals surface area contributed by atoms with E-state index in [-0.39, 0.29) is 11.6 Å². The number of fused-ring (bicyclic) bond motifs is 1. The predicted molar refractivity (Wildman–Crippen MR) is 117 cm³/mol. The standard InChI is InChI=1S/C22H20N6O2/c1-12-5-3-8-17(13(12)2)28-22(30)27-15-7-4-6-14(9-15)19(29)16-10-24-21-18(16)20(23)25-11-26-21/h3-11H,1-2H3,(H2,27,28,30)(H3,23,24,25,26). The molecule has 5 N–H and O–H groups in total. The van der Waals surface area contributed by atoms with E-state index in [1.165, 1.54) is 6.33 Å². The molecular weight excluding hydrogens is 380 g/mol. The molecule has 0 saturated heterocycles. The van der Waals surface area contributed by atoms with Crippen molar-refractivity contribution in [2.24, 2.45) is 0 Å². The third-order valence-corrected chi connectivity index (χ3v) is 4.98. The number of aryl methyl sites for hydroxylation is 1. The van der Waals surface area contributed by atoms with Gasteiger partial charge in [0.1, 0.15) is 17.8 Å². The predicted octanol–water partition coefficient (Wildman–Crippen LogP) is 4.03. The molecule has 0 unspecified atom stereocenters. The largest absolute Gasteiger partial charge is 0.383 e. The van der Waals surface area contributed by atoms with Crippen molar-refractivity contribution in [3.05, 3.63) is 77.2 Å². The molecule has 30 heavy (non-hydrogen) atoms. The van der Waals surface area contributed by atoms with Gasteiger partial charge in [-0.15, -0.1) is 0 Å². The van der Waals surface area contributed by atoms with Crippen molar-refractivity contribution < 1.29 is 9.59 Å². The quantitative estimate of drug-likeness (QED) is 0.385. The minimum absolute atomic E-state index is 0.229. The summed E-state index contributed by atoms with van der Waals surface area (Å²) in [5.41, 5.74) is 10.5. The van der Waals surface area contributed by atoms with E-state index in [1.54, 1.807) is 30.5 Å². The van der Waals surface area contributed by atoms with Crippen LogP contribution in [0.25, 0.3) is 11.0 Å². The summed E-state index contributed by atoms with van der Waals surface area (Å²) < 4.78 is 0. The van der Waals surface area contributed by atoms with Crippen LogP contribution in [0.5, 0.6) is 0 Å². The van der Waals surface area contributed by atoms with Gasteiger partial charge in [-0.2, -0.15) is 0 Å². The van der Waals surface area contributed by atoms with Crippen molar-refractivity contribution in [1.29, 1.82) is 0 Å². The number of nitrogen functional groups attached to an aromatic ring is 1. The zero-order valence-corrected chi connectivity index (χ0v) is 16.5. The fourth-order valence-electron chi connectivity index (χ4n) is 3.23. The number of amides is 2. The Morgan fingerprint density at radius 1 is 1.03 bits per heavy atom. The Morgan fingerprint density at radius 2 is 1.83 bits per heavy atom. The molecule has 2 aromatic carbocycles. The second-order valence-corrected chi connectivity index (χ2v) is 6.92. The number of urea groups is 1. The van der Waals surface area contributed by atoms with Crippen molar-refractivity contribution in [2.75, 3.05) is 16.4 Å². The van der Waals surface area contributed by atoms with Gasteiger partial charge in [-0.3, -0.25) is 4.79 Å². The highest BCUT2D eigenvalue weighted by Gasteiger charge is 2.18. The van der Waals surface area contributed by atoms with Crippen LogP contribution in [0.4, 0.5) is 22.0 Å². The van der Waals surface area contributed by atoms with Crippen LogP contribution < -0.4 is 16.4 Å². The summed E-state index contributed by atoms with van der Waals surface area (Å²) in [6.45, 7) is 3.93. The zero-order chi connectivity index (χ0) is 21.3. The molecule has 0 bridgehead atoms. The summed E-state index contributed by atoms with van der Waals surface area (Å²) in [5, 5.41) is 6.08. The normalized spacial score (nSPS) is 10.7. The molecule has 2 aromatic heterocycles. The van der Waals surface area contributed by atoms with E-state index in [2.05, 4.69) is 25.6 Å². The number of anilines is 3. The van der Waals surface area contributed by atoms with Gasteiger partial charge < -0.3 is 21.4 Å². The lowest BCUT2D eigenvalue weighted by molar-refractivity contribution is 0.104. The van der Waals surface area contributed by atoms with Gasteiger partial charge in [-0.05, 0) is 43.2 Å². The molecule has 0 radical (unpaired) electrons. The molecule has 4 rings (SSSR count). The van der Waals surface area contributed by atoms with E-state index in [9.17, 15) is 9.59 Å². The number of nitrogens with one attached hydrogen (secondary N) is 3. The topological polar surface area (TPSA) is 126 Å². The molecule has 0 aliphatic carbocycles. The molecule has 2 heterocycles. The summed E-state index contributed by atoms with van der Waals surface area (Å²) in [4.78, 5) is 36.4. The summed E-state index contributed by atoms with van der Waals surface area (Å²) in [6, 6.07) is 12.0. The Balaban J connectivity index is 1.56. The number of carbonyl (C=O) groups excluding carboxylic acids is 2. The maximum Gasteiger partial charge on any atom is 0.323 e. The molecule has 0 spiro atoms. The van der Waals surface area contributed by atoms with Crippen LogP contribution in [-0.4, -0.2) is 26.8 Å². The highest BCUT2D eigenvalue weighted by molar-refractivity contribution is 6.18. The third kappa shape index (κ3) is 3.58. The fraction of sp³-hybridized carbons (Fsp3) is 0.0909. The van der Waals surface area contributed by atoms with Crippen LogP contribution in [0.2, 0.25) is 0 Å². The summed E-state index contributed by atoms with van der Waals surface area (Å²) in [6.07, 6.45) is 2.90. The average molecular weight is 400 g/mol. The SMILES string of the molecule is Cc1cccc(NC(=O)Nc2cccc(C(=O)c3c[nH]c4ncnc(N)c34)c2)c1C. The first-order valence-corrected chi connectivity index (χ1v) is 9.30. The Labute approximate surface area is 172 Å². The number of aromatic amines is 1. The van der Waals surface area contributed by atoms with E-state index < -0.39 is 6.03 Å². The first-order valence-electron chi connectivity index (χ1n) is 9.30. The van der Waals surface area contributed by atoms with Crippen LogP contribution in [0, 0.1) is 13.8 Å². The van der Waals surface area contributed by atoms with E-state index in [1.807, 2.05) is 32.0 Å². The Morgan fingerprint density at radius 3 is 2.67 bits per heavy atom. The van der Waals surface area contributed by atoms with Crippen molar-refractivity contribution >= 4 is 40.0 Å².